The van der Waals surface area contributed by atoms with Gasteiger partial charge in [0.05, 0.1) is 13.2 Å². The predicted octanol–water partition coefficient (Wildman–Crippen LogP) is 2.22. The normalized spacial score (nSPS) is 35.8. The number of methoxy groups -OCH3 is 2. The van der Waals surface area contributed by atoms with Gasteiger partial charge in [0, 0.05) is 37.2 Å². The van der Waals surface area contributed by atoms with E-state index in [2.05, 4.69) is 23.1 Å². The van der Waals surface area contributed by atoms with Gasteiger partial charge in [-0.25, -0.2) is 0 Å². The molecule has 2 bridgehead atoms. The molecule has 1 saturated heterocycles. The average molecular weight is 315 g/mol. The minimum Gasteiger partial charge on any atom is -0.492 e. The van der Waals surface area contributed by atoms with E-state index in [1.165, 1.54) is 11.1 Å². The first kappa shape index (κ1) is 13.7. The molecule has 1 aromatic rings. The van der Waals surface area contributed by atoms with Crippen LogP contribution in [0.1, 0.15) is 24.0 Å². The second kappa shape index (κ2) is 4.65. The van der Waals surface area contributed by atoms with Crippen molar-refractivity contribution in [2.24, 2.45) is 0 Å². The molecule has 1 aliphatic carbocycles. The topological polar surface area (TPSA) is 40.2 Å². The zero-order valence-corrected chi connectivity index (χ0v) is 13.5. The van der Waals surface area contributed by atoms with E-state index in [9.17, 15) is 0 Å². The van der Waals surface area contributed by atoms with Crippen LogP contribution in [0.25, 0.3) is 0 Å². The van der Waals surface area contributed by atoms with Gasteiger partial charge >= 0.3 is 0 Å². The monoisotopic (exact) mass is 315 g/mol. The Hall–Kier alpha value is -1.72. The Morgan fingerprint density at radius 2 is 2.22 bits per heavy atom. The maximum absolute atomic E-state index is 5.72. The lowest BCUT2D eigenvalue weighted by Gasteiger charge is -2.46. The lowest BCUT2D eigenvalue weighted by atomic mass is 9.66. The molecule has 1 fully saturated rings. The number of nitrogens with zero attached hydrogens (tertiary/aromatic N) is 1. The van der Waals surface area contributed by atoms with Crippen LogP contribution in [0.2, 0.25) is 0 Å². The molecule has 4 atom stereocenters. The lowest BCUT2D eigenvalue weighted by molar-refractivity contribution is 0.0744. The van der Waals surface area contributed by atoms with E-state index in [4.69, 9.17) is 18.9 Å². The maximum Gasteiger partial charge on any atom is 0.231 e. The molecule has 0 spiro atoms. The Labute approximate surface area is 135 Å². The molecule has 5 rings (SSSR count). The molecule has 5 heteroatoms. The molecule has 0 radical (unpaired) electrons. The second-order valence-electron chi connectivity index (χ2n) is 6.82. The average Bonchev–Trinajstić information content (AvgIpc) is 3.15. The Kier molecular flexibility index (Phi) is 2.77. The number of hydrogen-bond acceptors (Lipinski definition) is 5. The number of fused-ring (bicyclic) bond motifs is 2. The number of hydrogen-bond donors (Lipinski definition) is 0. The molecule has 5 nitrogen and oxygen atoms in total. The van der Waals surface area contributed by atoms with Crippen molar-refractivity contribution < 1.29 is 18.9 Å². The van der Waals surface area contributed by atoms with Gasteiger partial charge in [-0.05, 0) is 24.5 Å². The minimum absolute atomic E-state index is 0.0525. The Balaban J connectivity index is 1.73. The molecule has 1 unspecified atom stereocenters. The number of ether oxygens (including phenoxy) is 4. The molecular formula is C18H21NO4. The highest BCUT2D eigenvalue weighted by Gasteiger charge is 2.54. The van der Waals surface area contributed by atoms with Gasteiger partial charge in [0.2, 0.25) is 12.5 Å². The molecule has 3 heterocycles. The van der Waals surface area contributed by atoms with Crippen LogP contribution in [0.3, 0.4) is 0 Å². The highest BCUT2D eigenvalue weighted by molar-refractivity contribution is 5.64. The molecular weight excluding hydrogens is 294 g/mol. The lowest BCUT2D eigenvalue weighted by Crippen LogP contribution is -2.49. The Morgan fingerprint density at radius 3 is 3.04 bits per heavy atom. The first-order valence-corrected chi connectivity index (χ1v) is 8.23. The smallest absolute Gasteiger partial charge is 0.231 e. The predicted molar refractivity (Wildman–Crippen MR) is 84.2 cm³/mol. The molecule has 4 aliphatic rings. The van der Waals surface area contributed by atoms with Crippen molar-refractivity contribution in [3.63, 3.8) is 0 Å². The second-order valence-corrected chi connectivity index (χ2v) is 6.82. The van der Waals surface area contributed by atoms with Gasteiger partial charge in [-0.3, -0.25) is 4.90 Å². The van der Waals surface area contributed by atoms with Crippen molar-refractivity contribution in [2.75, 3.05) is 27.6 Å². The van der Waals surface area contributed by atoms with Crippen molar-refractivity contribution in [1.82, 2.24) is 4.90 Å². The fourth-order valence-electron chi connectivity index (χ4n) is 4.92. The van der Waals surface area contributed by atoms with E-state index < -0.39 is 0 Å². The van der Waals surface area contributed by atoms with Crippen LogP contribution in [-0.4, -0.2) is 44.6 Å². The summed E-state index contributed by atoms with van der Waals surface area (Å²) >= 11 is 0. The van der Waals surface area contributed by atoms with Crippen molar-refractivity contribution in [1.29, 1.82) is 0 Å². The molecule has 23 heavy (non-hydrogen) atoms. The van der Waals surface area contributed by atoms with Crippen LogP contribution in [-0.2, 0) is 16.7 Å². The van der Waals surface area contributed by atoms with Gasteiger partial charge in [0.1, 0.15) is 0 Å². The van der Waals surface area contributed by atoms with E-state index in [0.717, 1.165) is 43.2 Å². The van der Waals surface area contributed by atoms with Gasteiger partial charge in [-0.1, -0.05) is 12.2 Å². The van der Waals surface area contributed by atoms with Crippen LogP contribution in [0.15, 0.2) is 18.2 Å². The highest BCUT2D eigenvalue weighted by atomic mass is 16.7. The third kappa shape index (κ3) is 1.64. The molecule has 1 aromatic carbocycles. The fraction of sp³-hybridized carbons (Fsp3) is 0.556. The summed E-state index contributed by atoms with van der Waals surface area (Å²) < 4.78 is 22.6. The van der Waals surface area contributed by atoms with Crippen molar-refractivity contribution in [3.05, 3.63) is 29.3 Å². The summed E-state index contributed by atoms with van der Waals surface area (Å²) in [6.07, 6.45) is 7.00. The van der Waals surface area contributed by atoms with E-state index in [1.807, 2.05) is 0 Å². The number of benzene rings is 1. The van der Waals surface area contributed by atoms with Gasteiger partial charge in [-0.2, -0.15) is 0 Å². The molecule has 0 N–H and O–H groups in total. The summed E-state index contributed by atoms with van der Waals surface area (Å²) in [6, 6.07) is 2.68. The molecule has 0 saturated carbocycles. The first-order chi connectivity index (χ1) is 11.3. The quantitative estimate of drug-likeness (QED) is 0.783. The highest BCUT2D eigenvalue weighted by Crippen LogP contribution is 2.57. The molecule has 122 valence electrons. The number of rotatable bonds is 2. The van der Waals surface area contributed by atoms with Crippen LogP contribution in [0.5, 0.6) is 17.2 Å². The van der Waals surface area contributed by atoms with Gasteiger partial charge in [0.15, 0.2) is 11.5 Å². The van der Waals surface area contributed by atoms with Crippen molar-refractivity contribution in [3.8, 4) is 17.2 Å². The Morgan fingerprint density at radius 1 is 1.30 bits per heavy atom. The molecule has 3 aliphatic heterocycles. The zero-order chi connectivity index (χ0) is 15.6. The van der Waals surface area contributed by atoms with Crippen molar-refractivity contribution in [2.45, 2.75) is 36.9 Å². The first-order valence-electron chi connectivity index (χ1n) is 8.23. The SMILES string of the molecule is COc1c2c(cc3c1OCO3)[C@@]13C=C[C@@H](OC)C[C@H]1N(CC3)C2. The van der Waals surface area contributed by atoms with Crippen LogP contribution in [0.4, 0.5) is 0 Å². The Bertz CT molecular complexity index is 701. The fourth-order valence-corrected chi connectivity index (χ4v) is 4.92. The van der Waals surface area contributed by atoms with Crippen LogP contribution in [0, 0.1) is 0 Å². The summed E-state index contributed by atoms with van der Waals surface area (Å²) in [7, 11) is 3.51. The summed E-state index contributed by atoms with van der Waals surface area (Å²) in [5, 5.41) is 0. The summed E-state index contributed by atoms with van der Waals surface area (Å²) in [5.74, 6) is 2.43. The van der Waals surface area contributed by atoms with Crippen LogP contribution < -0.4 is 14.2 Å². The van der Waals surface area contributed by atoms with E-state index in [1.54, 1.807) is 14.2 Å². The summed E-state index contributed by atoms with van der Waals surface area (Å²) in [4.78, 5) is 2.57. The van der Waals surface area contributed by atoms with Gasteiger partial charge < -0.3 is 18.9 Å². The minimum atomic E-state index is 0.0525. The molecule has 0 aromatic heterocycles. The van der Waals surface area contributed by atoms with Crippen molar-refractivity contribution >= 4 is 0 Å². The van der Waals surface area contributed by atoms with E-state index >= 15 is 0 Å². The summed E-state index contributed by atoms with van der Waals surface area (Å²) in [6.45, 7) is 2.29. The third-order valence-corrected chi connectivity index (χ3v) is 6.00. The van der Waals surface area contributed by atoms with Gasteiger partial charge in [-0.15, -0.1) is 0 Å². The zero-order valence-electron chi connectivity index (χ0n) is 13.5. The third-order valence-electron chi connectivity index (χ3n) is 6.00. The molecule has 0 amide bonds. The van der Waals surface area contributed by atoms with Crippen LogP contribution >= 0.6 is 0 Å². The summed E-state index contributed by atoms with van der Waals surface area (Å²) in [5.41, 5.74) is 2.66. The standard InChI is InChI=1S/C18H21NO4/c1-20-11-3-4-18-5-6-19(15(18)7-11)9-12-13(18)8-14-17(16(12)21-2)23-10-22-14/h3-4,8,11,15H,5-7,9-10H2,1-2H3/t11-,15-,18+/m1/s1. The maximum atomic E-state index is 5.72. The largest absolute Gasteiger partial charge is 0.492 e. The van der Waals surface area contributed by atoms with Gasteiger partial charge in [0.25, 0.3) is 0 Å². The van der Waals surface area contributed by atoms with E-state index in [-0.39, 0.29) is 18.3 Å². The van der Waals surface area contributed by atoms with E-state index in [0.29, 0.717) is 6.04 Å².